The molecule has 4 unspecified atom stereocenters. The van der Waals surface area contributed by atoms with Crippen LogP contribution in [0, 0.1) is 23.7 Å². The second-order valence-electron chi connectivity index (χ2n) is 25.0. The van der Waals surface area contributed by atoms with Gasteiger partial charge in [0, 0.05) is 63.2 Å². The molecule has 0 saturated carbocycles. The van der Waals surface area contributed by atoms with Crippen molar-refractivity contribution in [1.29, 1.82) is 0 Å². The Kier molecular flexibility index (Phi) is 42.7. The minimum atomic E-state index is -1.04. The Morgan fingerprint density at radius 3 is 1.00 bits per heavy atom. The summed E-state index contributed by atoms with van der Waals surface area (Å²) >= 11 is 0. The van der Waals surface area contributed by atoms with E-state index in [4.69, 9.17) is 29.4 Å². The van der Waals surface area contributed by atoms with Crippen LogP contribution >= 0.6 is 0 Å². The third-order valence-electron chi connectivity index (χ3n) is 15.8. The van der Waals surface area contributed by atoms with Crippen LogP contribution in [0.5, 0.6) is 0 Å². The molecular formula is C81H96N4O24. The predicted octanol–water partition coefficient (Wildman–Crippen LogP) is 10.5. The van der Waals surface area contributed by atoms with Gasteiger partial charge in [0.2, 0.25) is 0 Å². The van der Waals surface area contributed by atoms with Crippen molar-refractivity contribution in [2.75, 3.05) is 6.61 Å². The Bertz CT molecular complexity index is 4050. The minimum absolute atomic E-state index is 0. The zero-order chi connectivity index (χ0) is 80.3. The number of amides is 4. The average Bonchev–Trinajstić information content (AvgIpc) is 0.888. The molecule has 0 spiro atoms. The smallest absolute Gasteiger partial charge is 0.362 e. The Labute approximate surface area is 632 Å². The van der Waals surface area contributed by atoms with Gasteiger partial charge >= 0.3 is 47.8 Å². The van der Waals surface area contributed by atoms with E-state index >= 15 is 0 Å². The molecule has 28 heteroatoms. The van der Waals surface area contributed by atoms with Gasteiger partial charge in [0.05, 0.1) is 46.9 Å². The fourth-order valence-corrected chi connectivity index (χ4v) is 9.98. The van der Waals surface area contributed by atoms with E-state index < -0.39 is 77.2 Å². The van der Waals surface area contributed by atoms with Crippen LogP contribution in [0.1, 0.15) is 201 Å². The van der Waals surface area contributed by atoms with Crippen molar-refractivity contribution < 1.29 is 116 Å². The van der Waals surface area contributed by atoms with Crippen molar-refractivity contribution in [2.24, 2.45) is 23.7 Å². The molecule has 0 aliphatic carbocycles. The molecule has 6 aromatic rings. The fourth-order valence-electron chi connectivity index (χ4n) is 9.98. The molecule has 28 nitrogen and oxygen atoms in total. The standard InChI is InChI=1S/C22H23NO6.C21H21NO6.C19H25NO6.C18H23NO6.CH4/c1-15(24)18(12-17-8-5-9-19(13-17)22(27)28)10-11-20(25)23-29-21(26)14-16-6-3-2-4-7-16;1-14(23)17(12-15-6-5-9-18(13-15)20(25)26)10-11-19(24)22-28-21(27)16-7-3-2-4-8-16;1-12(2)25-19(24)16-7-5-15(6-8-16)11-17(13(3)21)9-10-18(23)20-26-14(4)22;1-4-24-18(23)15-7-5-14(6-8-15)11-16(12(2)20)9-10-17(22)19-25-13(3)21;/h2-9,13,18H,10-12,14H2,1H3,(H,23,25)(H,27,28);2-9,13,17H,10-12H2,1H3,(H,22,24)(H,25,26);5-8,12,17H,9-11H2,1-4H3,(H,20,23);5-8,16H,4,9-11H2,1-3H3,(H,19,22);1H4. The first kappa shape index (κ1) is 92.7. The van der Waals surface area contributed by atoms with E-state index in [0.717, 1.165) is 16.7 Å². The van der Waals surface area contributed by atoms with Crippen molar-refractivity contribution >= 4 is 94.5 Å². The molecule has 4 amide bonds. The minimum Gasteiger partial charge on any atom is -0.478 e. The number of ketones is 4. The van der Waals surface area contributed by atoms with Gasteiger partial charge in [-0.15, -0.1) is 0 Å². The van der Waals surface area contributed by atoms with E-state index in [1.54, 1.807) is 148 Å². The summed E-state index contributed by atoms with van der Waals surface area (Å²) in [5.41, 5.74) is 13.7. The van der Waals surface area contributed by atoms with E-state index in [9.17, 15) is 76.7 Å². The Hall–Kier alpha value is -12.4. The molecule has 0 aliphatic heterocycles. The summed E-state index contributed by atoms with van der Waals surface area (Å²) in [5.74, 6) is -9.12. The normalized spacial score (nSPS) is 11.3. The lowest BCUT2D eigenvalue weighted by Gasteiger charge is -2.14. The van der Waals surface area contributed by atoms with Crippen LogP contribution in [-0.4, -0.2) is 117 Å². The Balaban J connectivity index is 0.000000493. The highest BCUT2D eigenvalue weighted by Crippen LogP contribution is 2.22. The summed E-state index contributed by atoms with van der Waals surface area (Å²) in [6.45, 7) is 13.8. The summed E-state index contributed by atoms with van der Waals surface area (Å²) in [4.78, 5) is 203. The van der Waals surface area contributed by atoms with E-state index in [0.29, 0.717) is 72.9 Å². The van der Waals surface area contributed by atoms with Gasteiger partial charge in [0.1, 0.15) is 23.1 Å². The fraction of sp³-hybridized carbons (Fsp3) is 0.358. The number of Topliss-reactive ketones (excluding diaryl/α,β-unsaturated/α-hetero) is 4. The largest absolute Gasteiger partial charge is 0.478 e. The molecule has 6 N–H and O–H groups in total. The summed E-state index contributed by atoms with van der Waals surface area (Å²) < 4.78 is 10.0. The summed E-state index contributed by atoms with van der Waals surface area (Å²) in [6.07, 6.45) is 2.72. The third kappa shape index (κ3) is 39.0. The number of rotatable bonds is 33. The van der Waals surface area contributed by atoms with Gasteiger partial charge < -0.3 is 39.0 Å². The zero-order valence-electron chi connectivity index (χ0n) is 61.7. The van der Waals surface area contributed by atoms with E-state index in [-0.39, 0.29) is 111 Å². The van der Waals surface area contributed by atoms with Crippen molar-refractivity contribution in [1.82, 2.24) is 21.9 Å². The lowest BCUT2D eigenvalue weighted by Crippen LogP contribution is -2.28. The maximum Gasteiger partial charge on any atom is 0.362 e. The second kappa shape index (κ2) is 50.2. The lowest BCUT2D eigenvalue weighted by molar-refractivity contribution is -0.157. The van der Waals surface area contributed by atoms with Crippen LogP contribution in [0.3, 0.4) is 0 Å². The quantitative estimate of drug-likeness (QED) is 0.0127. The predicted molar refractivity (Wildman–Crippen MR) is 396 cm³/mol. The van der Waals surface area contributed by atoms with E-state index in [1.165, 1.54) is 65.8 Å². The van der Waals surface area contributed by atoms with Crippen LogP contribution in [0.2, 0.25) is 0 Å². The number of benzene rings is 6. The zero-order valence-corrected chi connectivity index (χ0v) is 61.7. The molecule has 0 fully saturated rings. The van der Waals surface area contributed by atoms with Crippen LogP contribution in [0.4, 0.5) is 0 Å². The highest BCUT2D eigenvalue weighted by atomic mass is 16.7. The maximum absolute atomic E-state index is 11.9. The Morgan fingerprint density at radius 2 is 0.661 bits per heavy atom. The molecule has 0 aromatic heterocycles. The molecule has 0 bridgehead atoms. The molecule has 109 heavy (non-hydrogen) atoms. The van der Waals surface area contributed by atoms with Crippen molar-refractivity contribution in [3.8, 4) is 0 Å². The van der Waals surface area contributed by atoms with Crippen molar-refractivity contribution in [3.05, 3.63) is 213 Å². The van der Waals surface area contributed by atoms with Gasteiger partial charge in [0.25, 0.3) is 23.6 Å². The first-order chi connectivity index (χ1) is 51.2. The number of aromatic carboxylic acids is 2. The maximum atomic E-state index is 11.9. The molecular weight excluding hydrogens is 1410 g/mol. The topological polar surface area (TPSA) is 417 Å². The second-order valence-corrected chi connectivity index (χ2v) is 25.0. The van der Waals surface area contributed by atoms with Gasteiger partial charge in [-0.25, -0.2) is 28.8 Å². The van der Waals surface area contributed by atoms with Crippen LogP contribution in [0.15, 0.2) is 158 Å². The number of nitrogens with one attached hydrogen (secondary N) is 4. The first-order valence-electron chi connectivity index (χ1n) is 34.5. The van der Waals surface area contributed by atoms with Crippen LogP contribution < -0.4 is 21.9 Å². The lowest BCUT2D eigenvalue weighted by atomic mass is 9.91. The highest BCUT2D eigenvalue weighted by Gasteiger charge is 2.23. The Morgan fingerprint density at radius 1 is 0.349 bits per heavy atom. The first-order valence-corrected chi connectivity index (χ1v) is 34.5. The van der Waals surface area contributed by atoms with Gasteiger partial charge in [-0.3, -0.25) is 47.9 Å². The molecule has 0 aliphatic rings. The molecule has 0 radical (unpaired) electrons. The van der Waals surface area contributed by atoms with Gasteiger partial charge in [0.15, 0.2) is 0 Å². The van der Waals surface area contributed by atoms with Gasteiger partial charge in [-0.2, -0.15) is 21.9 Å². The summed E-state index contributed by atoms with van der Waals surface area (Å²) in [5, 5.41) is 18.1. The molecule has 584 valence electrons. The number of carbonyl (C=O) groups excluding carboxylic acids is 14. The summed E-state index contributed by atoms with van der Waals surface area (Å²) in [6, 6.07) is 43.6. The average molecular weight is 1510 g/mol. The number of hydrogen-bond donors (Lipinski definition) is 6. The number of esters is 2. The van der Waals surface area contributed by atoms with Crippen LogP contribution in [0.25, 0.3) is 0 Å². The van der Waals surface area contributed by atoms with Gasteiger partial charge in [-0.1, -0.05) is 104 Å². The third-order valence-corrected chi connectivity index (χ3v) is 15.8. The van der Waals surface area contributed by atoms with Crippen LogP contribution in [-0.2, 0) is 114 Å². The molecule has 0 heterocycles. The summed E-state index contributed by atoms with van der Waals surface area (Å²) in [7, 11) is 0. The van der Waals surface area contributed by atoms with E-state index in [2.05, 4.69) is 20.6 Å². The number of ether oxygens (including phenoxy) is 2. The molecule has 0 saturated heterocycles. The SMILES string of the molecule is C.CC(=O)C(CCC(=O)NOC(=O)Cc1ccccc1)Cc1cccc(C(=O)O)c1.CC(=O)C(CCC(=O)NOC(=O)c1ccccc1)Cc1cccc(C(=O)O)c1.CC(=O)ONC(=O)CCC(Cc1ccc(C(=O)OC(C)C)cc1)C(C)=O.CCOC(=O)c1ccc(CC(CCC(=O)NOC(C)=O)C(C)=O)cc1. The van der Waals surface area contributed by atoms with Crippen molar-refractivity contribution in [3.63, 3.8) is 0 Å². The molecule has 4 atom stereocenters. The highest BCUT2D eigenvalue weighted by molar-refractivity contribution is 5.92. The monoisotopic (exact) mass is 1510 g/mol. The molecule has 6 rings (SSSR count). The molecule has 6 aromatic carbocycles. The number of carboxylic acids is 2. The number of carboxylic acid groups (broad SMARTS) is 2. The number of hydrogen-bond acceptors (Lipinski definition) is 22. The number of carbonyl (C=O) groups is 16. The van der Waals surface area contributed by atoms with E-state index in [1.807, 2.05) is 17.0 Å². The number of hydroxylamine groups is 4. The van der Waals surface area contributed by atoms with Crippen molar-refractivity contribution in [2.45, 2.75) is 159 Å². The van der Waals surface area contributed by atoms with Gasteiger partial charge in [-0.05, 0) is 188 Å².